The predicted octanol–water partition coefficient (Wildman–Crippen LogP) is 1.85. The lowest BCUT2D eigenvalue weighted by molar-refractivity contribution is -0.553. The second-order valence-corrected chi connectivity index (χ2v) is 4.18. The van der Waals surface area contributed by atoms with Crippen molar-refractivity contribution in [3.05, 3.63) is 32.5 Å². The summed E-state index contributed by atoms with van der Waals surface area (Å²) in [6, 6.07) is 2.19. The van der Waals surface area contributed by atoms with Crippen LogP contribution in [0, 0.1) is 39.1 Å². The van der Waals surface area contributed by atoms with Crippen molar-refractivity contribution in [2.75, 3.05) is 0 Å². The third-order valence-corrected chi connectivity index (χ3v) is 3.63. The van der Waals surface area contributed by atoms with E-state index in [9.17, 15) is 15.3 Å². The van der Waals surface area contributed by atoms with E-state index in [1.165, 1.54) is 0 Å². The van der Waals surface area contributed by atoms with Gasteiger partial charge in [0, 0.05) is 15.8 Å². The summed E-state index contributed by atoms with van der Waals surface area (Å²) in [6.45, 7) is 0. The molecule has 2 aliphatic rings. The number of alkyl halides is 1. The first-order valence-electron chi connectivity index (χ1n) is 4.20. The number of hydrogen-bond donors (Lipinski definition) is 0. The second-order valence-electron chi connectivity index (χ2n) is 3.57. The Morgan fingerprint density at radius 3 is 2.93 bits per heavy atom. The third-order valence-electron chi connectivity index (χ3n) is 2.97. The number of nitrogens with zero attached hydrogens (tertiary/aromatic N) is 2. The molecule has 0 aliphatic heterocycles. The van der Waals surface area contributed by atoms with Gasteiger partial charge >= 0.3 is 11.1 Å². The average Bonchev–Trinajstić information content (AvgIpc) is 2.69. The van der Waals surface area contributed by atoms with Gasteiger partial charge in [-0.3, -0.25) is 10.1 Å². The summed E-state index contributed by atoms with van der Waals surface area (Å²) < 4.78 is 0. The Labute approximate surface area is 84.9 Å². The van der Waals surface area contributed by atoms with Crippen molar-refractivity contribution in [2.45, 2.75) is 11.4 Å². The molecule has 4 atom stereocenters. The van der Waals surface area contributed by atoms with Crippen LogP contribution in [0.3, 0.4) is 0 Å². The van der Waals surface area contributed by atoms with Gasteiger partial charge in [-0.1, -0.05) is 12.2 Å². The molecule has 0 amide bonds. The molecule has 2 unspecified atom stereocenters. The van der Waals surface area contributed by atoms with Crippen LogP contribution in [0.25, 0.3) is 5.01 Å². The Morgan fingerprint density at radius 1 is 1.64 bits per heavy atom. The summed E-state index contributed by atoms with van der Waals surface area (Å²) in [7, 11) is 0. The molecule has 1 saturated carbocycles. The van der Waals surface area contributed by atoms with Crippen LogP contribution < -0.4 is 0 Å². The summed E-state index contributed by atoms with van der Waals surface area (Å²) in [5, 5.41) is 23.4. The van der Waals surface area contributed by atoms with Crippen LogP contribution in [0.4, 0.5) is 0 Å². The second kappa shape index (κ2) is 2.85. The maximum absolute atomic E-state index is 10.9. The first kappa shape index (κ1) is 9.28. The van der Waals surface area contributed by atoms with Gasteiger partial charge in [0.15, 0.2) is 5.92 Å². The summed E-state index contributed by atoms with van der Waals surface area (Å²) in [4.78, 5) is 8.70. The van der Waals surface area contributed by atoms with Crippen LogP contribution in [-0.4, -0.2) is 9.92 Å². The largest absolute Gasteiger partial charge is 0.498 e. The van der Waals surface area contributed by atoms with Crippen LogP contribution in [-0.2, 0) is 0 Å². The van der Waals surface area contributed by atoms with Crippen molar-refractivity contribution >= 4 is 11.6 Å². The Balaban J connectivity index is 2.43. The highest BCUT2D eigenvalue weighted by atomic mass is 35.5. The van der Waals surface area contributed by atoms with Crippen molar-refractivity contribution in [3.63, 3.8) is 0 Å². The van der Waals surface area contributed by atoms with Gasteiger partial charge in [0.1, 0.15) is 0 Å². The van der Waals surface area contributed by atoms with Gasteiger partial charge in [0.25, 0.3) is 0 Å². The molecule has 0 N–H and O–H groups in total. The van der Waals surface area contributed by atoms with Crippen molar-refractivity contribution in [1.29, 1.82) is 0 Å². The average molecular weight is 215 g/mol. The van der Waals surface area contributed by atoms with Crippen molar-refractivity contribution in [2.24, 2.45) is 17.8 Å². The Morgan fingerprint density at radius 2 is 2.36 bits per heavy atom. The summed E-state index contributed by atoms with van der Waals surface area (Å²) in [5.74, 6) is -1.09. The van der Waals surface area contributed by atoms with Gasteiger partial charge < -0.3 is 5.21 Å². The minimum absolute atomic E-state index is 0.0689. The van der Waals surface area contributed by atoms with E-state index in [4.69, 9.17) is 11.6 Å². The number of fused-ring (bicyclic) bond motifs is 2. The van der Waals surface area contributed by atoms with E-state index in [1.807, 2.05) is 6.08 Å². The van der Waals surface area contributed by atoms with Gasteiger partial charge in [0.2, 0.25) is 0 Å². The highest BCUT2D eigenvalue weighted by molar-refractivity contribution is 6.23. The molecule has 2 rings (SSSR count). The Bertz CT molecular complexity index is 373. The number of halogens is 1. The van der Waals surface area contributed by atoms with E-state index in [0.717, 1.165) is 0 Å². The third kappa shape index (κ3) is 0.946. The minimum Gasteiger partial charge on any atom is -0.498 e. The summed E-state index contributed by atoms with van der Waals surface area (Å²) in [5.41, 5.74) is 0. The van der Waals surface area contributed by atoms with Crippen LogP contribution >= 0.6 is 11.6 Å². The number of allylic oxidation sites excluding steroid dienone is 1. The molecule has 2 aliphatic carbocycles. The molecule has 0 aromatic heterocycles. The fraction of sp³-hybridized carbons (Fsp3) is 0.625. The van der Waals surface area contributed by atoms with Crippen LogP contribution in [0.15, 0.2) is 12.2 Å². The minimum atomic E-state index is -1.62. The Hall–Kier alpha value is -1.28. The van der Waals surface area contributed by atoms with Gasteiger partial charge in [-0.2, -0.15) is 0 Å². The molecule has 0 heterocycles. The first-order valence-corrected chi connectivity index (χ1v) is 4.58. The lowest BCUT2D eigenvalue weighted by Gasteiger charge is -2.21. The molecule has 74 valence electrons. The lowest BCUT2D eigenvalue weighted by atomic mass is 9.90. The molecule has 0 aromatic carbocycles. The van der Waals surface area contributed by atoms with Crippen molar-refractivity contribution < 1.29 is 4.92 Å². The molecule has 5 nitrogen and oxygen atoms in total. The van der Waals surface area contributed by atoms with E-state index in [2.05, 4.69) is 11.1 Å². The quantitative estimate of drug-likeness (QED) is 0.220. The summed E-state index contributed by atoms with van der Waals surface area (Å²) in [6.07, 6.45) is 4.19. The van der Waals surface area contributed by atoms with Crippen LogP contribution in [0.1, 0.15) is 6.42 Å². The predicted molar refractivity (Wildman–Crippen MR) is 50.4 cm³/mol. The molecule has 0 saturated heterocycles. The molecule has 6 heteroatoms. The standard InChI is InChI=1S/C8H7ClN2O3/c9-8(11(13)14)6-2-1-5(3-6)7(8)4-10-12/h1-2,5-7H,3H2/t5?,6?,7-,8-/m0/s1. The lowest BCUT2D eigenvalue weighted by Crippen LogP contribution is -2.43. The number of nitro groups is 1. The van der Waals surface area contributed by atoms with E-state index >= 15 is 0 Å². The highest BCUT2D eigenvalue weighted by Gasteiger charge is 2.66. The molecule has 0 aromatic rings. The zero-order valence-electron chi connectivity index (χ0n) is 7.09. The molecule has 2 bridgehead atoms. The maximum atomic E-state index is 10.9. The van der Waals surface area contributed by atoms with E-state index < -0.39 is 15.8 Å². The fourth-order valence-corrected chi connectivity index (χ4v) is 2.67. The topological polar surface area (TPSA) is 70.6 Å². The van der Waals surface area contributed by atoms with E-state index in [0.29, 0.717) is 6.42 Å². The number of hydrogen-bond acceptors (Lipinski definition) is 3. The fourth-order valence-electron chi connectivity index (χ4n) is 2.30. The molecule has 1 fully saturated rings. The van der Waals surface area contributed by atoms with Gasteiger partial charge in [-0.25, -0.2) is 0 Å². The van der Waals surface area contributed by atoms with Gasteiger partial charge in [-0.15, -0.1) is 0 Å². The van der Waals surface area contributed by atoms with Crippen molar-refractivity contribution in [3.8, 4) is 6.07 Å². The summed E-state index contributed by atoms with van der Waals surface area (Å²) >= 11 is 5.94. The van der Waals surface area contributed by atoms with Crippen LogP contribution in [0.2, 0.25) is 0 Å². The molecular weight excluding hydrogens is 208 g/mol. The monoisotopic (exact) mass is 214 g/mol. The highest BCUT2D eigenvalue weighted by Crippen LogP contribution is 2.54. The number of rotatable bonds is 1. The van der Waals surface area contributed by atoms with E-state index in [1.54, 1.807) is 6.08 Å². The van der Waals surface area contributed by atoms with Crippen LogP contribution in [0.5, 0.6) is 0 Å². The van der Waals surface area contributed by atoms with Gasteiger partial charge in [-0.05, 0) is 18.0 Å². The SMILES string of the molecule is O=[N+]([O-])[C@@]1(Cl)C2C=CC(C2)[C@@H]1C#[N+][O-]. The molecular formula is C8H7ClN2O3. The molecule has 14 heavy (non-hydrogen) atoms. The maximum Gasteiger partial charge on any atom is 0.321 e. The first-order chi connectivity index (χ1) is 6.60. The normalized spacial score (nSPS) is 43.4. The smallest absolute Gasteiger partial charge is 0.321 e. The van der Waals surface area contributed by atoms with Crippen molar-refractivity contribution in [1.82, 2.24) is 0 Å². The van der Waals surface area contributed by atoms with Gasteiger partial charge in [0.05, 0.1) is 5.92 Å². The van der Waals surface area contributed by atoms with E-state index in [-0.39, 0.29) is 11.8 Å². The molecule has 0 radical (unpaired) electrons. The molecule has 0 spiro atoms. The zero-order valence-corrected chi connectivity index (χ0v) is 7.85. The zero-order chi connectivity index (χ0) is 10.3. The Kier molecular flexibility index (Phi) is 1.89.